The highest BCUT2D eigenvalue weighted by molar-refractivity contribution is 5.93. The number of nitrogen functional groups attached to an aromatic ring is 1. The Morgan fingerprint density at radius 2 is 2.42 bits per heavy atom. The number of hydrogen-bond donors (Lipinski definition) is 2. The van der Waals surface area contributed by atoms with E-state index in [4.69, 9.17) is 15.3 Å². The van der Waals surface area contributed by atoms with E-state index in [2.05, 4.69) is 5.32 Å². The molecule has 0 radical (unpaired) electrons. The third-order valence-corrected chi connectivity index (χ3v) is 2.91. The quantitative estimate of drug-likeness (QED) is 0.783. The monoisotopic (exact) mass is 265 g/mol. The third kappa shape index (κ3) is 3.84. The molecule has 0 unspecified atom stereocenters. The second-order valence-electron chi connectivity index (χ2n) is 4.37. The second-order valence-corrected chi connectivity index (χ2v) is 4.37. The molecule has 1 aliphatic rings. The van der Waals surface area contributed by atoms with E-state index < -0.39 is 0 Å². The molecule has 0 spiro atoms. The summed E-state index contributed by atoms with van der Waals surface area (Å²) in [4.78, 5) is 17.2. The summed E-state index contributed by atoms with van der Waals surface area (Å²) in [6, 6.07) is 5.14. The van der Waals surface area contributed by atoms with Crippen molar-refractivity contribution in [1.29, 1.82) is 0 Å². The first-order valence-corrected chi connectivity index (χ1v) is 6.30. The molecule has 0 aromatic heterocycles. The average Bonchev–Trinajstić information content (AvgIpc) is 2.90. The van der Waals surface area contributed by atoms with Crippen molar-refractivity contribution in [1.82, 2.24) is 5.06 Å². The zero-order valence-corrected chi connectivity index (χ0v) is 11.0. The molecule has 0 bridgehead atoms. The highest BCUT2D eigenvalue weighted by Gasteiger charge is 2.14. The zero-order valence-electron chi connectivity index (χ0n) is 11.0. The summed E-state index contributed by atoms with van der Waals surface area (Å²) in [7, 11) is 1.55. The molecule has 0 atom stereocenters. The number of rotatable bonds is 5. The lowest BCUT2D eigenvalue weighted by atomic mass is 10.2. The van der Waals surface area contributed by atoms with Crippen LogP contribution in [0.25, 0.3) is 0 Å². The maximum atomic E-state index is 11.9. The van der Waals surface area contributed by atoms with Gasteiger partial charge in [0.05, 0.1) is 19.4 Å². The van der Waals surface area contributed by atoms with Gasteiger partial charge in [0.1, 0.15) is 5.75 Å². The van der Waals surface area contributed by atoms with Gasteiger partial charge in [-0.05, 0) is 24.6 Å². The predicted octanol–water partition coefficient (Wildman–Crippen LogP) is 1.24. The van der Waals surface area contributed by atoms with Crippen molar-refractivity contribution in [3.05, 3.63) is 18.2 Å². The van der Waals surface area contributed by atoms with Crippen molar-refractivity contribution >= 4 is 17.3 Å². The molecule has 1 fully saturated rings. The van der Waals surface area contributed by atoms with Gasteiger partial charge in [0, 0.05) is 25.2 Å². The minimum Gasteiger partial charge on any atom is -0.495 e. The first kappa shape index (κ1) is 13.6. The number of amides is 1. The lowest BCUT2D eigenvalue weighted by Crippen LogP contribution is -2.24. The molecule has 2 rings (SSSR count). The van der Waals surface area contributed by atoms with Crippen LogP contribution in [0, 0.1) is 0 Å². The summed E-state index contributed by atoms with van der Waals surface area (Å²) >= 11 is 0. The molecule has 3 N–H and O–H groups in total. The number of anilines is 2. The number of nitrogens with one attached hydrogen (secondary N) is 1. The molecule has 1 amide bonds. The minimum absolute atomic E-state index is 0.0839. The molecule has 1 aliphatic heterocycles. The van der Waals surface area contributed by atoms with Crippen LogP contribution in [-0.2, 0) is 9.63 Å². The first-order chi connectivity index (χ1) is 9.19. The first-order valence-electron chi connectivity index (χ1n) is 6.30. The molecule has 0 aliphatic carbocycles. The standard InChI is InChI=1S/C13H19N3O3/c1-18-12-4-3-10(14)9-11(12)15-13(17)5-7-16-6-2-8-19-16/h3-4,9H,2,5-8,14H2,1H3,(H,15,17). The van der Waals surface area contributed by atoms with Crippen LogP contribution >= 0.6 is 0 Å². The topological polar surface area (TPSA) is 76.8 Å². The number of benzene rings is 1. The van der Waals surface area contributed by atoms with Crippen LogP contribution in [0.15, 0.2) is 18.2 Å². The number of methoxy groups -OCH3 is 1. The fraction of sp³-hybridized carbons (Fsp3) is 0.462. The highest BCUT2D eigenvalue weighted by Crippen LogP contribution is 2.26. The average molecular weight is 265 g/mol. The van der Waals surface area contributed by atoms with Crippen LogP contribution in [0.4, 0.5) is 11.4 Å². The third-order valence-electron chi connectivity index (χ3n) is 2.91. The Bertz CT molecular complexity index is 445. The minimum atomic E-state index is -0.0839. The summed E-state index contributed by atoms with van der Waals surface area (Å²) in [5.74, 6) is 0.513. The molecule has 104 valence electrons. The summed E-state index contributed by atoms with van der Waals surface area (Å²) in [6.45, 7) is 2.22. The molecule has 1 aromatic rings. The summed E-state index contributed by atoms with van der Waals surface area (Å²) in [5.41, 5.74) is 6.87. The van der Waals surface area contributed by atoms with E-state index in [1.807, 2.05) is 5.06 Å². The number of nitrogens with two attached hydrogens (primary N) is 1. The van der Waals surface area contributed by atoms with Crippen LogP contribution in [0.1, 0.15) is 12.8 Å². The number of hydroxylamine groups is 2. The normalized spacial score (nSPS) is 15.4. The molecule has 6 heteroatoms. The van der Waals surface area contributed by atoms with Crippen LogP contribution in [0.5, 0.6) is 5.75 Å². The van der Waals surface area contributed by atoms with Gasteiger partial charge >= 0.3 is 0 Å². The zero-order chi connectivity index (χ0) is 13.7. The van der Waals surface area contributed by atoms with Gasteiger partial charge in [-0.25, -0.2) is 0 Å². The van der Waals surface area contributed by atoms with E-state index in [1.165, 1.54) is 0 Å². The molecular weight excluding hydrogens is 246 g/mol. The Hall–Kier alpha value is -1.79. The van der Waals surface area contributed by atoms with E-state index in [1.54, 1.807) is 25.3 Å². The van der Waals surface area contributed by atoms with Gasteiger partial charge in [-0.15, -0.1) is 0 Å². The van der Waals surface area contributed by atoms with Crippen molar-refractivity contribution in [3.63, 3.8) is 0 Å². The van der Waals surface area contributed by atoms with E-state index in [0.29, 0.717) is 30.1 Å². The predicted molar refractivity (Wildman–Crippen MR) is 72.8 cm³/mol. The molecular formula is C13H19N3O3. The van der Waals surface area contributed by atoms with Gasteiger partial charge in [0.2, 0.25) is 5.91 Å². The molecule has 1 heterocycles. The smallest absolute Gasteiger partial charge is 0.225 e. The lowest BCUT2D eigenvalue weighted by molar-refractivity contribution is -0.126. The molecule has 1 aromatic carbocycles. The van der Waals surface area contributed by atoms with Crippen LogP contribution in [0.3, 0.4) is 0 Å². The Morgan fingerprint density at radius 3 is 3.11 bits per heavy atom. The summed E-state index contributed by atoms with van der Waals surface area (Å²) in [6.07, 6.45) is 1.39. The van der Waals surface area contributed by atoms with E-state index in [-0.39, 0.29) is 5.91 Å². The number of carbonyl (C=O) groups excluding carboxylic acids is 1. The van der Waals surface area contributed by atoms with Crippen molar-refractivity contribution < 1.29 is 14.4 Å². The van der Waals surface area contributed by atoms with Crippen molar-refractivity contribution in [3.8, 4) is 5.75 Å². The summed E-state index contributed by atoms with van der Waals surface area (Å²) in [5, 5.41) is 4.62. The van der Waals surface area contributed by atoms with Gasteiger partial charge in [0.15, 0.2) is 0 Å². The number of carbonyl (C=O) groups is 1. The van der Waals surface area contributed by atoms with Crippen LogP contribution in [0.2, 0.25) is 0 Å². The fourth-order valence-corrected chi connectivity index (χ4v) is 1.94. The van der Waals surface area contributed by atoms with E-state index in [0.717, 1.165) is 19.6 Å². The number of hydrogen-bond acceptors (Lipinski definition) is 5. The van der Waals surface area contributed by atoms with Crippen molar-refractivity contribution in [2.24, 2.45) is 0 Å². The van der Waals surface area contributed by atoms with Gasteiger partial charge in [-0.3, -0.25) is 9.63 Å². The largest absolute Gasteiger partial charge is 0.495 e. The SMILES string of the molecule is COc1ccc(N)cc1NC(=O)CCN1CCCO1. The van der Waals surface area contributed by atoms with E-state index in [9.17, 15) is 4.79 Å². The molecule has 0 saturated carbocycles. The number of ether oxygens (including phenoxy) is 1. The van der Waals surface area contributed by atoms with Gasteiger partial charge < -0.3 is 15.8 Å². The summed E-state index contributed by atoms with van der Waals surface area (Å²) < 4.78 is 5.17. The van der Waals surface area contributed by atoms with Gasteiger partial charge in [-0.1, -0.05) is 0 Å². The van der Waals surface area contributed by atoms with Gasteiger partial charge in [0.25, 0.3) is 0 Å². The van der Waals surface area contributed by atoms with Crippen LogP contribution in [-0.4, -0.2) is 37.8 Å². The highest BCUT2D eigenvalue weighted by atomic mass is 16.7. The fourth-order valence-electron chi connectivity index (χ4n) is 1.94. The molecule has 19 heavy (non-hydrogen) atoms. The van der Waals surface area contributed by atoms with Crippen molar-refractivity contribution in [2.75, 3.05) is 37.9 Å². The molecule has 6 nitrogen and oxygen atoms in total. The van der Waals surface area contributed by atoms with Crippen molar-refractivity contribution in [2.45, 2.75) is 12.8 Å². The second kappa shape index (κ2) is 6.40. The lowest BCUT2D eigenvalue weighted by Gasteiger charge is -2.14. The Morgan fingerprint density at radius 1 is 1.58 bits per heavy atom. The molecule has 1 saturated heterocycles. The maximum absolute atomic E-state index is 11.9. The number of nitrogens with zero attached hydrogens (tertiary/aromatic N) is 1. The maximum Gasteiger partial charge on any atom is 0.225 e. The Kier molecular flexibility index (Phi) is 4.59. The Labute approximate surface area is 112 Å². The van der Waals surface area contributed by atoms with Crippen LogP contribution < -0.4 is 15.8 Å². The van der Waals surface area contributed by atoms with E-state index >= 15 is 0 Å². The Balaban J connectivity index is 1.88. The van der Waals surface area contributed by atoms with Gasteiger partial charge in [-0.2, -0.15) is 5.06 Å².